The molecule has 0 bridgehead atoms. The van der Waals surface area contributed by atoms with Gasteiger partial charge in [0, 0.05) is 36.8 Å². The highest BCUT2D eigenvalue weighted by atomic mass is 32.2. The van der Waals surface area contributed by atoms with Gasteiger partial charge in [0.05, 0.1) is 29.2 Å². The Labute approximate surface area is 220 Å². The van der Waals surface area contributed by atoms with Crippen LogP contribution in [0.4, 0.5) is 22.7 Å². The molecule has 1 amide bonds. The minimum absolute atomic E-state index is 0.0705. The van der Waals surface area contributed by atoms with Crippen LogP contribution in [0, 0.1) is 0 Å². The zero-order chi connectivity index (χ0) is 25.2. The fourth-order valence-electron chi connectivity index (χ4n) is 4.27. The van der Waals surface area contributed by atoms with Gasteiger partial charge in [-0.15, -0.1) is 0 Å². The average molecular weight is 517 g/mol. The molecule has 1 saturated heterocycles. The summed E-state index contributed by atoms with van der Waals surface area (Å²) in [5.74, 6) is 0.720. The molecule has 0 saturated carbocycles. The fraction of sp³-hybridized carbons (Fsp3) is 0.214. The van der Waals surface area contributed by atoms with Crippen LogP contribution in [0.3, 0.4) is 0 Å². The second-order valence-electron chi connectivity index (χ2n) is 8.29. The van der Waals surface area contributed by atoms with Gasteiger partial charge in [-0.25, -0.2) is 4.99 Å². The molecule has 6 nitrogen and oxygen atoms in total. The Morgan fingerprint density at radius 3 is 2.33 bits per heavy atom. The average Bonchev–Trinajstić information content (AvgIpc) is 3.41. The number of carbonyl (C=O) groups excluding carboxylic acids is 1. The van der Waals surface area contributed by atoms with Crippen molar-refractivity contribution in [3.8, 4) is 5.75 Å². The predicted octanol–water partition coefficient (Wildman–Crippen LogP) is 6.72. The Morgan fingerprint density at radius 2 is 1.67 bits per heavy atom. The molecule has 36 heavy (non-hydrogen) atoms. The summed E-state index contributed by atoms with van der Waals surface area (Å²) in [6.45, 7) is 6.20. The normalized spacial score (nSPS) is 18.2. The van der Waals surface area contributed by atoms with Gasteiger partial charge < -0.3 is 14.5 Å². The number of hydrogen-bond acceptors (Lipinski definition) is 7. The number of anilines is 3. The van der Waals surface area contributed by atoms with E-state index in [2.05, 4.69) is 35.8 Å². The van der Waals surface area contributed by atoms with Crippen molar-refractivity contribution in [3.63, 3.8) is 0 Å². The van der Waals surface area contributed by atoms with Crippen molar-refractivity contribution in [2.45, 2.75) is 18.7 Å². The van der Waals surface area contributed by atoms with Gasteiger partial charge in [-0.05, 0) is 74.1 Å². The number of methoxy groups -OCH3 is 1. The van der Waals surface area contributed by atoms with Crippen LogP contribution >= 0.6 is 23.5 Å². The summed E-state index contributed by atoms with van der Waals surface area (Å²) in [7, 11) is 3.65. The van der Waals surface area contributed by atoms with Gasteiger partial charge in [-0.3, -0.25) is 9.69 Å². The lowest BCUT2D eigenvalue weighted by molar-refractivity contribution is -0.113. The van der Waals surface area contributed by atoms with Crippen LogP contribution in [0.25, 0.3) is 0 Å². The topological polar surface area (TPSA) is 48.4 Å². The number of nitrogens with zero attached hydrogens (tertiary/aromatic N) is 4. The number of amides is 1. The molecule has 8 heteroatoms. The van der Waals surface area contributed by atoms with Crippen molar-refractivity contribution in [2.24, 2.45) is 4.99 Å². The maximum atomic E-state index is 13.8. The molecule has 2 aliphatic heterocycles. The van der Waals surface area contributed by atoms with Gasteiger partial charge in [0.2, 0.25) is 0 Å². The number of amidine groups is 1. The van der Waals surface area contributed by atoms with Crippen molar-refractivity contribution in [3.05, 3.63) is 82.7 Å². The van der Waals surface area contributed by atoms with E-state index in [9.17, 15) is 4.79 Å². The molecule has 0 aromatic heterocycles. The van der Waals surface area contributed by atoms with Crippen LogP contribution in [0.15, 0.2) is 92.6 Å². The van der Waals surface area contributed by atoms with Gasteiger partial charge in [0.25, 0.3) is 5.91 Å². The first kappa shape index (κ1) is 24.3. The first-order chi connectivity index (χ1) is 17.5. The lowest BCUT2D eigenvalue weighted by Crippen LogP contribution is -2.29. The molecule has 184 valence electrons. The number of ether oxygens (including phenoxy) is 1. The Hall–Kier alpha value is -3.36. The summed E-state index contributed by atoms with van der Waals surface area (Å²) in [6, 6.07) is 23.9. The molecule has 3 aromatic carbocycles. The van der Waals surface area contributed by atoms with E-state index in [1.807, 2.05) is 67.7 Å². The van der Waals surface area contributed by atoms with Gasteiger partial charge in [0.15, 0.2) is 5.17 Å². The molecular formula is C28H28N4O2S2. The largest absolute Gasteiger partial charge is 0.497 e. The summed E-state index contributed by atoms with van der Waals surface area (Å²) in [5.41, 5.74) is 3.81. The minimum atomic E-state index is -0.0705. The summed E-state index contributed by atoms with van der Waals surface area (Å²) in [5, 5.41) is 1.54. The number of hydrogen-bond donors (Lipinski definition) is 0. The maximum absolute atomic E-state index is 13.8. The number of thioether (sulfide) groups is 2. The summed E-state index contributed by atoms with van der Waals surface area (Å²) < 4.78 is 5.41. The van der Waals surface area contributed by atoms with E-state index >= 15 is 0 Å². The number of carbonyl (C=O) groups is 1. The first-order valence-electron chi connectivity index (χ1n) is 11.9. The summed E-state index contributed by atoms with van der Waals surface area (Å²) >= 11 is 3.02. The molecule has 5 rings (SSSR count). The fourth-order valence-corrected chi connectivity index (χ4v) is 6.60. The van der Waals surface area contributed by atoms with E-state index in [-0.39, 0.29) is 5.91 Å². The molecule has 0 radical (unpaired) electrons. The lowest BCUT2D eigenvalue weighted by atomic mass is 10.2. The number of rotatable bonds is 6. The third-order valence-corrected chi connectivity index (χ3v) is 8.63. The molecule has 3 aromatic rings. The minimum Gasteiger partial charge on any atom is -0.497 e. The maximum Gasteiger partial charge on any atom is 0.274 e. The van der Waals surface area contributed by atoms with Crippen molar-refractivity contribution in [1.29, 1.82) is 0 Å². The molecule has 2 aliphatic rings. The van der Waals surface area contributed by atoms with E-state index < -0.39 is 0 Å². The number of para-hydroxylation sites is 1. The summed E-state index contributed by atoms with van der Waals surface area (Å²) in [4.78, 5) is 26.6. The van der Waals surface area contributed by atoms with Gasteiger partial charge in [0.1, 0.15) is 10.7 Å². The van der Waals surface area contributed by atoms with Gasteiger partial charge in [-0.2, -0.15) is 0 Å². The van der Waals surface area contributed by atoms with E-state index in [1.165, 1.54) is 17.4 Å². The number of fused-ring (bicyclic) bond motifs is 1. The zero-order valence-electron chi connectivity index (χ0n) is 20.8. The molecule has 0 unspecified atom stereocenters. The van der Waals surface area contributed by atoms with E-state index in [0.29, 0.717) is 10.1 Å². The highest BCUT2D eigenvalue weighted by Crippen LogP contribution is 2.51. The van der Waals surface area contributed by atoms with Crippen LogP contribution in [-0.4, -0.2) is 38.3 Å². The van der Waals surface area contributed by atoms with Crippen molar-refractivity contribution < 1.29 is 9.53 Å². The number of aliphatic imine (C=N–C) groups is 1. The van der Waals surface area contributed by atoms with Crippen LogP contribution in [0.1, 0.15) is 13.8 Å². The SMILES string of the molecule is CCN(CC)c1ccc(N=C2SC(=C3Sc4ccc(OC)cc4N3C)C(=O)N2c2ccccc2)cc1. The Balaban J connectivity index is 1.54. The standard InChI is InChI=1S/C28H28N4O2S2/c1-5-31(6-2)20-14-12-19(13-15-20)29-28-32(21-10-8-7-9-11-21)26(33)25(36-28)27-30(3)23-18-22(34-4)16-17-24(23)35-27/h7-18H,5-6H2,1-4H3. The number of benzene rings is 3. The Morgan fingerprint density at radius 1 is 0.944 bits per heavy atom. The molecule has 0 atom stereocenters. The molecule has 0 N–H and O–H groups in total. The second-order valence-corrected chi connectivity index (χ2v) is 10.3. The van der Waals surface area contributed by atoms with Crippen molar-refractivity contribution in [1.82, 2.24) is 0 Å². The van der Waals surface area contributed by atoms with Crippen LogP contribution < -0.4 is 19.4 Å². The van der Waals surface area contributed by atoms with Gasteiger partial charge >= 0.3 is 0 Å². The second kappa shape index (κ2) is 10.3. The third-order valence-electron chi connectivity index (χ3n) is 6.23. The molecule has 2 heterocycles. The van der Waals surface area contributed by atoms with Crippen molar-refractivity contribution in [2.75, 3.05) is 41.9 Å². The molecular weight excluding hydrogens is 488 g/mol. The van der Waals surface area contributed by atoms with E-state index in [1.54, 1.807) is 23.8 Å². The highest BCUT2D eigenvalue weighted by Gasteiger charge is 2.40. The Bertz CT molecular complexity index is 1340. The van der Waals surface area contributed by atoms with Crippen LogP contribution in [0.5, 0.6) is 5.75 Å². The van der Waals surface area contributed by atoms with Crippen LogP contribution in [0.2, 0.25) is 0 Å². The molecule has 1 fully saturated rings. The smallest absolute Gasteiger partial charge is 0.274 e. The van der Waals surface area contributed by atoms with E-state index in [4.69, 9.17) is 9.73 Å². The monoisotopic (exact) mass is 516 g/mol. The third kappa shape index (κ3) is 4.47. The quantitative estimate of drug-likeness (QED) is 0.339. The molecule has 0 aliphatic carbocycles. The van der Waals surface area contributed by atoms with Gasteiger partial charge in [-0.1, -0.05) is 30.0 Å². The highest BCUT2D eigenvalue weighted by molar-refractivity contribution is 8.20. The molecule has 0 spiro atoms. The first-order valence-corrected chi connectivity index (χ1v) is 13.5. The lowest BCUT2D eigenvalue weighted by Gasteiger charge is -2.21. The van der Waals surface area contributed by atoms with Crippen LogP contribution in [-0.2, 0) is 4.79 Å². The zero-order valence-corrected chi connectivity index (χ0v) is 22.4. The predicted molar refractivity (Wildman–Crippen MR) is 153 cm³/mol. The Kier molecular flexibility index (Phi) is 6.98. The summed E-state index contributed by atoms with van der Waals surface area (Å²) in [6.07, 6.45) is 0. The van der Waals surface area contributed by atoms with Crippen molar-refractivity contribution >= 4 is 57.3 Å². The van der Waals surface area contributed by atoms with E-state index in [0.717, 1.165) is 45.8 Å².